The molecular weight excluding hydrogens is 358 g/mol. The Balaban J connectivity index is 2.25. The van der Waals surface area contributed by atoms with Gasteiger partial charge in [0, 0.05) is 11.6 Å². The van der Waals surface area contributed by atoms with Crippen LogP contribution < -0.4 is 0 Å². The molecular formula is C21H27NO4Si. The zero-order valence-electron chi connectivity index (χ0n) is 16.6. The van der Waals surface area contributed by atoms with Crippen molar-refractivity contribution in [3.63, 3.8) is 0 Å². The quantitative estimate of drug-likeness (QED) is 0.272. The number of hydrogen-bond donors (Lipinski definition) is 0. The molecule has 27 heavy (non-hydrogen) atoms. The first-order valence-electron chi connectivity index (χ1n) is 8.98. The molecule has 0 bridgehead atoms. The number of rotatable bonds is 7. The Morgan fingerprint density at radius 1 is 1.07 bits per heavy atom. The Bertz CT molecular complexity index is 823. The molecule has 0 aliphatic carbocycles. The molecule has 0 atom stereocenters. The lowest BCUT2D eigenvalue weighted by Gasteiger charge is -2.36. The van der Waals surface area contributed by atoms with E-state index in [0.29, 0.717) is 17.5 Å². The van der Waals surface area contributed by atoms with Crippen molar-refractivity contribution in [2.24, 2.45) is 0 Å². The van der Waals surface area contributed by atoms with Crippen molar-refractivity contribution in [1.82, 2.24) is 0 Å². The van der Waals surface area contributed by atoms with E-state index in [1.807, 2.05) is 18.2 Å². The van der Waals surface area contributed by atoms with E-state index in [2.05, 4.69) is 33.9 Å². The van der Waals surface area contributed by atoms with Crippen molar-refractivity contribution in [2.45, 2.75) is 51.9 Å². The van der Waals surface area contributed by atoms with Gasteiger partial charge in [-0.15, -0.1) is 0 Å². The van der Waals surface area contributed by atoms with Crippen LogP contribution in [0.15, 0.2) is 42.5 Å². The van der Waals surface area contributed by atoms with Gasteiger partial charge in [-0.1, -0.05) is 51.1 Å². The normalized spacial score (nSPS) is 12.0. The Morgan fingerprint density at radius 3 is 2.19 bits per heavy atom. The van der Waals surface area contributed by atoms with Gasteiger partial charge in [-0.05, 0) is 41.7 Å². The van der Waals surface area contributed by atoms with Crippen molar-refractivity contribution >= 4 is 20.3 Å². The van der Waals surface area contributed by atoms with Gasteiger partial charge in [0.1, 0.15) is 6.29 Å². The number of carbonyl (C=O) groups is 1. The summed E-state index contributed by atoms with van der Waals surface area (Å²) in [6.07, 6.45) is 1.45. The zero-order valence-corrected chi connectivity index (χ0v) is 17.6. The van der Waals surface area contributed by atoms with Crippen LogP contribution in [0.3, 0.4) is 0 Å². The summed E-state index contributed by atoms with van der Waals surface area (Å²) in [7, 11) is -2.00. The number of nitro groups is 1. The van der Waals surface area contributed by atoms with Crippen LogP contribution in [0, 0.1) is 10.1 Å². The van der Waals surface area contributed by atoms with E-state index >= 15 is 0 Å². The molecule has 144 valence electrons. The third kappa shape index (κ3) is 5.34. The molecule has 0 radical (unpaired) electrons. The molecule has 2 aromatic rings. The highest BCUT2D eigenvalue weighted by atomic mass is 28.4. The standard InChI is InChI=1S/C21H27NO4Si/c1-21(2,3)27(4,5)26-15-19-13-18(10-11-20(19)22(24)25)12-16-6-8-17(14-23)9-7-16/h6-11,13-14H,12,15H2,1-5H3. The van der Waals surface area contributed by atoms with E-state index in [9.17, 15) is 14.9 Å². The minimum absolute atomic E-state index is 0.0414. The first-order valence-corrected chi connectivity index (χ1v) is 11.9. The number of carbonyl (C=O) groups excluding carboxylic acids is 1. The molecule has 0 spiro atoms. The number of hydrogen-bond acceptors (Lipinski definition) is 4. The summed E-state index contributed by atoms with van der Waals surface area (Å²) in [5, 5.41) is 11.5. The smallest absolute Gasteiger partial charge is 0.274 e. The summed E-state index contributed by atoms with van der Waals surface area (Å²) < 4.78 is 6.20. The second-order valence-electron chi connectivity index (χ2n) is 8.31. The average molecular weight is 386 g/mol. The van der Waals surface area contributed by atoms with Crippen LogP contribution >= 0.6 is 0 Å². The third-order valence-electron chi connectivity index (χ3n) is 5.26. The summed E-state index contributed by atoms with van der Waals surface area (Å²) in [4.78, 5) is 21.8. The van der Waals surface area contributed by atoms with Crippen LogP contribution in [0.2, 0.25) is 18.1 Å². The highest BCUT2D eigenvalue weighted by molar-refractivity contribution is 6.74. The minimum Gasteiger partial charge on any atom is -0.412 e. The van der Waals surface area contributed by atoms with Crippen LogP contribution in [-0.2, 0) is 17.5 Å². The van der Waals surface area contributed by atoms with Crippen molar-refractivity contribution < 1.29 is 14.1 Å². The molecule has 0 aromatic heterocycles. The molecule has 2 aromatic carbocycles. The molecule has 0 unspecified atom stereocenters. The zero-order chi connectivity index (χ0) is 20.2. The van der Waals surface area contributed by atoms with Gasteiger partial charge in [0.15, 0.2) is 8.32 Å². The van der Waals surface area contributed by atoms with Gasteiger partial charge in [0.2, 0.25) is 0 Å². The molecule has 0 N–H and O–H groups in total. The molecule has 0 aliphatic rings. The van der Waals surface area contributed by atoms with Crippen LogP contribution in [0.4, 0.5) is 5.69 Å². The average Bonchev–Trinajstić information content (AvgIpc) is 2.59. The van der Waals surface area contributed by atoms with Gasteiger partial charge in [0.05, 0.1) is 17.1 Å². The minimum atomic E-state index is -2.00. The predicted molar refractivity (Wildman–Crippen MR) is 110 cm³/mol. The first kappa shape index (κ1) is 21.0. The van der Waals surface area contributed by atoms with E-state index in [4.69, 9.17) is 4.43 Å². The van der Waals surface area contributed by atoms with Crippen LogP contribution in [-0.4, -0.2) is 19.5 Å². The fourth-order valence-electron chi connectivity index (χ4n) is 2.47. The molecule has 0 fully saturated rings. The molecule has 2 rings (SSSR count). The highest BCUT2D eigenvalue weighted by Gasteiger charge is 2.37. The van der Waals surface area contributed by atoms with E-state index in [1.165, 1.54) is 0 Å². The molecule has 0 heterocycles. The van der Waals surface area contributed by atoms with Crippen molar-refractivity contribution in [3.8, 4) is 0 Å². The maximum Gasteiger partial charge on any atom is 0.274 e. The maximum atomic E-state index is 11.4. The fraction of sp³-hybridized carbons (Fsp3) is 0.381. The summed E-state index contributed by atoms with van der Waals surface area (Å²) in [6, 6.07) is 12.5. The summed E-state index contributed by atoms with van der Waals surface area (Å²) in [6.45, 7) is 11.0. The molecule has 0 saturated carbocycles. The van der Waals surface area contributed by atoms with Crippen molar-refractivity contribution in [1.29, 1.82) is 0 Å². The predicted octanol–water partition coefficient (Wildman–Crippen LogP) is 5.52. The van der Waals surface area contributed by atoms with Gasteiger partial charge >= 0.3 is 0 Å². The lowest BCUT2D eigenvalue weighted by atomic mass is 10.0. The number of nitro benzene ring substituents is 1. The van der Waals surface area contributed by atoms with Gasteiger partial charge in [-0.25, -0.2) is 0 Å². The number of nitrogens with zero attached hydrogens (tertiary/aromatic N) is 1. The molecule has 0 saturated heterocycles. The second kappa shape index (κ2) is 8.15. The van der Waals surface area contributed by atoms with Crippen molar-refractivity contribution in [2.75, 3.05) is 0 Å². The Hall–Kier alpha value is -2.31. The lowest BCUT2D eigenvalue weighted by molar-refractivity contribution is -0.385. The van der Waals surface area contributed by atoms with E-state index in [-0.39, 0.29) is 22.3 Å². The summed E-state index contributed by atoms with van der Waals surface area (Å²) in [5.41, 5.74) is 3.35. The van der Waals surface area contributed by atoms with Gasteiger partial charge in [0.25, 0.3) is 5.69 Å². The van der Waals surface area contributed by atoms with Gasteiger partial charge < -0.3 is 4.43 Å². The molecule has 0 amide bonds. The summed E-state index contributed by atoms with van der Waals surface area (Å²) >= 11 is 0. The lowest BCUT2D eigenvalue weighted by Crippen LogP contribution is -2.40. The fourth-order valence-corrected chi connectivity index (χ4v) is 3.42. The Labute approximate surface area is 161 Å². The van der Waals surface area contributed by atoms with Gasteiger partial charge in [-0.2, -0.15) is 0 Å². The molecule has 0 aliphatic heterocycles. The molecule has 5 nitrogen and oxygen atoms in total. The monoisotopic (exact) mass is 385 g/mol. The second-order valence-corrected chi connectivity index (χ2v) is 13.1. The highest BCUT2D eigenvalue weighted by Crippen LogP contribution is 2.37. The van der Waals surface area contributed by atoms with E-state index in [1.54, 1.807) is 24.3 Å². The Kier molecular flexibility index (Phi) is 6.33. The van der Waals surface area contributed by atoms with E-state index < -0.39 is 8.32 Å². The Morgan fingerprint density at radius 2 is 1.67 bits per heavy atom. The largest absolute Gasteiger partial charge is 0.412 e. The summed E-state index contributed by atoms with van der Waals surface area (Å²) in [5.74, 6) is 0. The van der Waals surface area contributed by atoms with Crippen LogP contribution in [0.25, 0.3) is 0 Å². The number of aldehydes is 1. The first-order chi connectivity index (χ1) is 12.5. The number of benzene rings is 2. The SMILES string of the molecule is CC(C)(C)[Si](C)(C)OCc1cc(Cc2ccc(C=O)cc2)ccc1[N+](=O)[O-]. The van der Waals surface area contributed by atoms with Crippen LogP contribution in [0.1, 0.15) is 47.8 Å². The third-order valence-corrected chi connectivity index (χ3v) is 9.74. The van der Waals surface area contributed by atoms with Crippen LogP contribution in [0.5, 0.6) is 0 Å². The molecule has 6 heteroatoms. The topological polar surface area (TPSA) is 69.4 Å². The maximum absolute atomic E-state index is 11.4. The van der Waals surface area contributed by atoms with Gasteiger partial charge in [-0.3, -0.25) is 14.9 Å². The van der Waals surface area contributed by atoms with E-state index in [0.717, 1.165) is 17.4 Å². The van der Waals surface area contributed by atoms with Crippen molar-refractivity contribution in [3.05, 3.63) is 74.8 Å².